The van der Waals surface area contributed by atoms with Crippen LogP contribution in [0.1, 0.15) is 90.7 Å². The van der Waals surface area contributed by atoms with E-state index in [0.29, 0.717) is 86.2 Å². The van der Waals surface area contributed by atoms with Gasteiger partial charge in [-0.25, -0.2) is 55.9 Å². The predicted molar refractivity (Wildman–Crippen MR) is 315 cm³/mol. The van der Waals surface area contributed by atoms with E-state index < -0.39 is 58.0 Å². The second kappa shape index (κ2) is 24.7. The number of halogens is 6. The summed E-state index contributed by atoms with van der Waals surface area (Å²) in [5, 5.41) is 37.0. The minimum atomic E-state index is -1.09. The number of benzene rings is 6. The molecule has 0 radical (unpaired) electrons. The van der Waals surface area contributed by atoms with Crippen LogP contribution in [0.25, 0.3) is 44.6 Å². The molecule has 4 saturated heterocycles. The van der Waals surface area contributed by atoms with Gasteiger partial charge in [0.15, 0.2) is 0 Å². The first-order chi connectivity index (χ1) is 44.4. The van der Waals surface area contributed by atoms with Crippen LogP contribution in [-0.2, 0) is 45.0 Å². The highest BCUT2D eigenvalue weighted by atomic mass is 19.1. The van der Waals surface area contributed by atoms with E-state index in [1.807, 2.05) is 21.3 Å². The van der Waals surface area contributed by atoms with Crippen LogP contribution in [0.3, 0.4) is 0 Å². The summed E-state index contributed by atoms with van der Waals surface area (Å²) in [5.74, 6) is -5.14. The fourth-order valence-electron chi connectivity index (χ4n) is 11.9. The van der Waals surface area contributed by atoms with Gasteiger partial charge in [0.05, 0.1) is 120 Å². The van der Waals surface area contributed by atoms with Crippen LogP contribution in [0.5, 0.6) is 11.8 Å². The Kier molecular flexibility index (Phi) is 16.2. The van der Waals surface area contributed by atoms with Crippen LogP contribution in [0, 0.1) is 57.6 Å². The maximum Gasteiger partial charge on any atom is 0.335 e. The van der Waals surface area contributed by atoms with Gasteiger partial charge in [-0.1, -0.05) is 24.3 Å². The van der Waals surface area contributed by atoms with Crippen molar-refractivity contribution in [3.8, 4) is 46.4 Å². The zero-order chi connectivity index (χ0) is 64.0. The number of pyridine rings is 2. The van der Waals surface area contributed by atoms with Gasteiger partial charge in [-0.05, 0) is 108 Å². The molecule has 0 bridgehead atoms. The highest BCUT2D eigenvalue weighted by Gasteiger charge is 2.49. The van der Waals surface area contributed by atoms with E-state index in [-0.39, 0.29) is 117 Å². The molecule has 24 heteroatoms. The number of hydrogen-bond acceptors (Lipinski definition) is 14. The minimum Gasteiger partial charge on any atom is -0.478 e. The number of hydrogen-bond donors (Lipinski definition) is 2. The van der Waals surface area contributed by atoms with E-state index in [0.717, 1.165) is 36.4 Å². The predicted octanol–water partition coefficient (Wildman–Crippen LogP) is 12.0. The monoisotopic (exact) mass is 1250 g/mol. The fourth-order valence-corrected chi connectivity index (χ4v) is 11.9. The SMILES string of the molecule is N#Cc1ccc(COc2cccc(-c3cc(F)c(Cc4nc5ccc(C(=O)O)cc5n4C4COC5(COC5)C4)cc3F)n2)c(F)c1.N#Cc1ccc(COc2cccc(-c3cc(F)c(Cc4nc5ccc(C(=O)O)cc5n4C4COC5(COC5)C4)cc3F)n2)c(F)c1. The lowest BCUT2D eigenvalue weighted by Gasteiger charge is -2.36. The topological polar surface area (TPSA) is 239 Å². The number of ether oxygens (including phenoxy) is 6. The summed E-state index contributed by atoms with van der Waals surface area (Å²) in [6.07, 6.45) is 1.10. The maximum absolute atomic E-state index is 15.7. The molecule has 8 heterocycles. The smallest absolute Gasteiger partial charge is 0.335 e. The summed E-state index contributed by atoms with van der Waals surface area (Å²) in [4.78, 5) is 41.4. The number of fused-ring (bicyclic) bond motifs is 2. The average Bonchev–Trinajstić information content (AvgIpc) is 1.61. The van der Waals surface area contributed by atoms with Crippen molar-refractivity contribution in [2.24, 2.45) is 0 Å². The molecule has 0 aliphatic carbocycles. The summed E-state index contributed by atoms with van der Waals surface area (Å²) in [5.41, 5.74) is 2.48. The Bertz CT molecular complexity index is 4400. The summed E-state index contributed by atoms with van der Waals surface area (Å²) < 4.78 is 129. The van der Waals surface area contributed by atoms with Crippen molar-refractivity contribution in [3.63, 3.8) is 0 Å². The number of carbonyl (C=O) groups is 2. The molecule has 2 N–H and O–H groups in total. The molecule has 2 atom stereocenters. The summed E-state index contributed by atoms with van der Waals surface area (Å²) in [7, 11) is 0. The van der Waals surface area contributed by atoms with Crippen molar-refractivity contribution in [1.82, 2.24) is 29.1 Å². The van der Waals surface area contributed by atoms with Gasteiger partial charge < -0.3 is 47.8 Å². The standard InChI is InChI=1S/2C34H25F3N4O5/c2*35-25-8-19(14-38)4-5-21(25)15-45-32-3-1-2-28(40-32)24-12-26(36)22(9-27(24)37)11-31-39-29-7-6-20(33(42)43)10-30(29)41(31)23-13-34(46-16-23)17-44-18-34/h2*1-10,12,23H,11,13,15-18H2,(H,42,43). The molecule has 92 heavy (non-hydrogen) atoms. The second-order valence-electron chi connectivity index (χ2n) is 22.8. The number of imidazole rings is 2. The molecule has 4 aromatic heterocycles. The lowest BCUT2D eigenvalue weighted by molar-refractivity contribution is -0.184. The van der Waals surface area contributed by atoms with Crippen molar-refractivity contribution < 1.29 is 74.6 Å². The number of aromatic carboxylic acids is 2. The van der Waals surface area contributed by atoms with Crippen LogP contribution in [-0.4, -0.2) is 102 Å². The first kappa shape index (κ1) is 60.4. The lowest BCUT2D eigenvalue weighted by atomic mass is 9.96. The van der Waals surface area contributed by atoms with Crippen LogP contribution in [0.15, 0.2) is 133 Å². The molecule has 464 valence electrons. The van der Waals surface area contributed by atoms with E-state index in [2.05, 4.69) is 9.97 Å². The summed E-state index contributed by atoms with van der Waals surface area (Å²) in [6, 6.07) is 34.0. The molecule has 14 rings (SSSR count). The molecule has 18 nitrogen and oxygen atoms in total. The second-order valence-corrected chi connectivity index (χ2v) is 22.8. The molecule has 0 amide bonds. The molecule has 2 spiro atoms. The number of nitriles is 2. The van der Waals surface area contributed by atoms with E-state index in [4.69, 9.17) is 48.9 Å². The summed E-state index contributed by atoms with van der Waals surface area (Å²) >= 11 is 0. The highest BCUT2D eigenvalue weighted by molar-refractivity contribution is 5.93. The Morgan fingerprint density at radius 1 is 0.511 bits per heavy atom. The van der Waals surface area contributed by atoms with Crippen molar-refractivity contribution in [1.29, 1.82) is 10.5 Å². The van der Waals surface area contributed by atoms with Gasteiger partial charge in [0.1, 0.15) is 71.0 Å². The normalized spacial score (nSPS) is 16.8. The van der Waals surface area contributed by atoms with E-state index in [9.17, 15) is 28.6 Å². The zero-order valence-electron chi connectivity index (χ0n) is 48.3. The molecule has 4 aliphatic heterocycles. The van der Waals surface area contributed by atoms with E-state index in [1.54, 1.807) is 24.3 Å². The Balaban J connectivity index is 0.000000168. The van der Waals surface area contributed by atoms with E-state index >= 15 is 17.6 Å². The quantitative estimate of drug-likeness (QED) is 0.0855. The number of nitrogens with zero attached hydrogens (tertiary/aromatic N) is 8. The molecule has 4 fully saturated rings. The third-order valence-corrected chi connectivity index (χ3v) is 16.7. The third kappa shape index (κ3) is 12.1. The van der Waals surface area contributed by atoms with Gasteiger partial charge in [-0.3, -0.25) is 0 Å². The van der Waals surface area contributed by atoms with Crippen LogP contribution in [0.4, 0.5) is 26.3 Å². The Morgan fingerprint density at radius 2 is 0.924 bits per heavy atom. The van der Waals surface area contributed by atoms with Gasteiger partial charge in [0.25, 0.3) is 0 Å². The van der Waals surface area contributed by atoms with Crippen molar-refractivity contribution in [3.05, 3.63) is 225 Å². The molecular weight excluding hydrogens is 1200 g/mol. The molecule has 0 saturated carbocycles. The van der Waals surface area contributed by atoms with Crippen LogP contribution in [0.2, 0.25) is 0 Å². The average molecular weight is 1250 g/mol. The van der Waals surface area contributed by atoms with Crippen LogP contribution < -0.4 is 9.47 Å². The highest BCUT2D eigenvalue weighted by Crippen LogP contribution is 2.43. The fraction of sp³-hybridized carbons (Fsp3) is 0.235. The lowest BCUT2D eigenvalue weighted by Crippen LogP contribution is -2.49. The first-order valence-electron chi connectivity index (χ1n) is 28.9. The number of carboxylic acids is 2. The Hall–Kier alpha value is -10.5. The van der Waals surface area contributed by atoms with Gasteiger partial charge in [-0.2, -0.15) is 10.5 Å². The van der Waals surface area contributed by atoms with Crippen molar-refractivity contribution >= 4 is 34.0 Å². The number of aromatic nitrogens is 6. The Labute approximate surface area is 519 Å². The molecule has 6 aromatic carbocycles. The van der Waals surface area contributed by atoms with Crippen molar-refractivity contribution in [2.45, 2.75) is 62.2 Å². The molecule has 4 aliphatic rings. The molecule has 2 unspecified atom stereocenters. The molecule has 10 aromatic rings. The van der Waals surface area contributed by atoms with Gasteiger partial charge in [0, 0.05) is 60.1 Å². The number of rotatable bonds is 16. The largest absolute Gasteiger partial charge is 0.478 e. The van der Waals surface area contributed by atoms with E-state index in [1.165, 1.54) is 72.8 Å². The zero-order valence-corrected chi connectivity index (χ0v) is 48.3. The minimum absolute atomic E-state index is 0.0561. The van der Waals surface area contributed by atoms with Gasteiger partial charge in [0.2, 0.25) is 11.8 Å². The van der Waals surface area contributed by atoms with Gasteiger partial charge in [-0.15, -0.1) is 0 Å². The first-order valence-corrected chi connectivity index (χ1v) is 28.9. The van der Waals surface area contributed by atoms with Crippen molar-refractivity contribution in [2.75, 3.05) is 39.6 Å². The third-order valence-electron chi connectivity index (χ3n) is 16.7. The Morgan fingerprint density at radius 3 is 1.28 bits per heavy atom. The molecular formula is C68H50F6N8O10. The van der Waals surface area contributed by atoms with Gasteiger partial charge >= 0.3 is 11.9 Å². The number of carboxylic acid groups (broad SMARTS) is 2. The maximum atomic E-state index is 15.7. The summed E-state index contributed by atoms with van der Waals surface area (Å²) in [6.45, 7) is 2.16. The van der Waals surface area contributed by atoms with Crippen LogP contribution >= 0.6 is 0 Å².